The third-order valence-electron chi connectivity index (χ3n) is 1.85. The molecule has 1 unspecified atom stereocenters. The minimum absolute atomic E-state index is 0.253. The van der Waals surface area contributed by atoms with Gasteiger partial charge in [-0.2, -0.15) is 0 Å². The van der Waals surface area contributed by atoms with Crippen molar-refractivity contribution in [2.45, 2.75) is 6.04 Å². The lowest BCUT2D eigenvalue weighted by Gasteiger charge is -2.09. The molecule has 2 rings (SSSR count). The van der Waals surface area contributed by atoms with Gasteiger partial charge in [0.15, 0.2) is 0 Å². The molecule has 2 aromatic heterocycles. The zero-order valence-corrected chi connectivity index (χ0v) is 9.62. The Morgan fingerprint density at radius 2 is 2.29 bits per heavy atom. The molecular formula is C9H8BrN3S. The first-order valence-corrected chi connectivity index (χ1v) is 5.76. The summed E-state index contributed by atoms with van der Waals surface area (Å²) in [6.45, 7) is 0. The first kappa shape index (κ1) is 9.76. The Morgan fingerprint density at radius 1 is 1.43 bits per heavy atom. The molecule has 72 valence electrons. The molecule has 0 aromatic carbocycles. The van der Waals surface area contributed by atoms with Crippen LogP contribution in [0.15, 0.2) is 33.7 Å². The molecule has 2 heterocycles. The molecule has 0 aliphatic heterocycles. The molecule has 3 nitrogen and oxygen atoms in total. The van der Waals surface area contributed by atoms with E-state index >= 15 is 0 Å². The number of thiazole rings is 1. The van der Waals surface area contributed by atoms with Crippen molar-refractivity contribution in [2.24, 2.45) is 5.73 Å². The van der Waals surface area contributed by atoms with E-state index in [0.29, 0.717) is 0 Å². The predicted molar refractivity (Wildman–Crippen MR) is 60.1 cm³/mol. The van der Waals surface area contributed by atoms with E-state index in [0.717, 1.165) is 15.9 Å². The Balaban J connectivity index is 2.37. The first-order chi connectivity index (χ1) is 6.79. The van der Waals surface area contributed by atoms with E-state index in [1.807, 2.05) is 17.5 Å². The summed E-state index contributed by atoms with van der Waals surface area (Å²) in [6.07, 6.45) is 1.73. The lowest BCUT2D eigenvalue weighted by Crippen LogP contribution is -2.14. The maximum absolute atomic E-state index is 6.01. The van der Waals surface area contributed by atoms with Crippen LogP contribution in [0.5, 0.6) is 0 Å². The van der Waals surface area contributed by atoms with Crippen molar-refractivity contribution in [3.8, 4) is 0 Å². The molecule has 0 amide bonds. The van der Waals surface area contributed by atoms with Gasteiger partial charge in [-0.1, -0.05) is 0 Å². The van der Waals surface area contributed by atoms with Crippen molar-refractivity contribution in [3.05, 3.63) is 45.1 Å². The Morgan fingerprint density at radius 3 is 2.93 bits per heavy atom. The second-order valence-electron chi connectivity index (χ2n) is 2.76. The number of halogens is 1. The summed E-state index contributed by atoms with van der Waals surface area (Å²) >= 11 is 4.95. The monoisotopic (exact) mass is 269 g/mol. The van der Waals surface area contributed by atoms with E-state index in [9.17, 15) is 0 Å². The van der Waals surface area contributed by atoms with Crippen LogP contribution in [0.2, 0.25) is 0 Å². The average molecular weight is 270 g/mol. The molecule has 5 heteroatoms. The summed E-state index contributed by atoms with van der Waals surface area (Å²) < 4.78 is 0.917. The number of rotatable bonds is 2. The van der Waals surface area contributed by atoms with E-state index in [1.54, 1.807) is 11.7 Å². The van der Waals surface area contributed by atoms with Gasteiger partial charge in [-0.05, 0) is 28.1 Å². The predicted octanol–water partition coefficient (Wildman–Crippen LogP) is 2.35. The molecule has 14 heavy (non-hydrogen) atoms. The van der Waals surface area contributed by atoms with E-state index in [1.165, 1.54) is 11.3 Å². The Bertz CT molecular complexity index is 416. The highest BCUT2D eigenvalue weighted by atomic mass is 79.9. The van der Waals surface area contributed by atoms with Crippen LogP contribution in [0.1, 0.15) is 17.4 Å². The van der Waals surface area contributed by atoms with Gasteiger partial charge in [-0.25, -0.2) is 4.98 Å². The molecule has 0 saturated carbocycles. The largest absolute Gasteiger partial charge is 0.318 e. The van der Waals surface area contributed by atoms with Gasteiger partial charge in [0.25, 0.3) is 0 Å². The van der Waals surface area contributed by atoms with Gasteiger partial charge in [0, 0.05) is 16.0 Å². The van der Waals surface area contributed by atoms with Crippen molar-refractivity contribution in [3.63, 3.8) is 0 Å². The first-order valence-electron chi connectivity index (χ1n) is 4.03. The molecule has 0 aliphatic carbocycles. The molecule has 0 radical (unpaired) electrons. The van der Waals surface area contributed by atoms with Gasteiger partial charge >= 0.3 is 0 Å². The minimum Gasteiger partial charge on any atom is -0.318 e. The Kier molecular flexibility index (Phi) is 2.90. The number of nitrogens with two attached hydrogens (primary N) is 1. The van der Waals surface area contributed by atoms with Crippen LogP contribution in [-0.2, 0) is 0 Å². The highest BCUT2D eigenvalue weighted by Crippen LogP contribution is 2.23. The summed E-state index contributed by atoms with van der Waals surface area (Å²) in [5, 5.41) is 1.94. The normalized spacial score (nSPS) is 12.7. The standard InChI is InChI=1S/C9H8BrN3S/c10-6-2-1-3-12-9(6)8(11)7-4-14-5-13-7/h1-5,8H,11H2. The van der Waals surface area contributed by atoms with Crippen LogP contribution < -0.4 is 5.73 Å². The summed E-state index contributed by atoms with van der Waals surface area (Å²) in [5.74, 6) is 0. The van der Waals surface area contributed by atoms with Crippen molar-refractivity contribution in [1.82, 2.24) is 9.97 Å². The van der Waals surface area contributed by atoms with E-state index in [4.69, 9.17) is 5.73 Å². The number of pyridine rings is 1. The molecule has 0 saturated heterocycles. The minimum atomic E-state index is -0.253. The molecular weight excluding hydrogens is 262 g/mol. The fourth-order valence-electron chi connectivity index (χ4n) is 1.14. The number of nitrogens with zero attached hydrogens (tertiary/aromatic N) is 2. The number of aromatic nitrogens is 2. The highest BCUT2D eigenvalue weighted by Gasteiger charge is 2.14. The van der Waals surface area contributed by atoms with Gasteiger partial charge in [-0.3, -0.25) is 4.98 Å². The van der Waals surface area contributed by atoms with Crippen molar-refractivity contribution < 1.29 is 0 Å². The molecule has 2 aromatic rings. The highest BCUT2D eigenvalue weighted by molar-refractivity contribution is 9.10. The zero-order chi connectivity index (χ0) is 9.97. The van der Waals surface area contributed by atoms with Gasteiger partial charge in [0.2, 0.25) is 0 Å². The second-order valence-corrected chi connectivity index (χ2v) is 4.33. The Hall–Kier alpha value is -0.780. The molecule has 0 bridgehead atoms. The van der Waals surface area contributed by atoms with Gasteiger partial charge in [0.05, 0.1) is 22.9 Å². The molecule has 2 N–H and O–H groups in total. The van der Waals surface area contributed by atoms with Crippen molar-refractivity contribution in [1.29, 1.82) is 0 Å². The summed E-state index contributed by atoms with van der Waals surface area (Å²) in [6, 6.07) is 3.53. The van der Waals surface area contributed by atoms with Crippen LogP contribution in [0.3, 0.4) is 0 Å². The number of hydrogen-bond donors (Lipinski definition) is 1. The SMILES string of the molecule is NC(c1cscn1)c1ncccc1Br. The van der Waals surface area contributed by atoms with Crippen LogP contribution in [0, 0.1) is 0 Å². The summed E-state index contributed by atoms with van der Waals surface area (Å²) in [5.41, 5.74) is 9.46. The van der Waals surface area contributed by atoms with E-state index in [2.05, 4.69) is 25.9 Å². The topological polar surface area (TPSA) is 51.8 Å². The van der Waals surface area contributed by atoms with Gasteiger partial charge in [0.1, 0.15) is 0 Å². The second kappa shape index (κ2) is 4.16. The fraction of sp³-hybridized carbons (Fsp3) is 0.111. The fourth-order valence-corrected chi connectivity index (χ4v) is 2.23. The van der Waals surface area contributed by atoms with Crippen LogP contribution in [0.25, 0.3) is 0 Å². The number of hydrogen-bond acceptors (Lipinski definition) is 4. The molecule has 1 atom stereocenters. The van der Waals surface area contributed by atoms with Crippen molar-refractivity contribution >= 4 is 27.3 Å². The molecule has 0 aliphatic rings. The van der Waals surface area contributed by atoms with Crippen molar-refractivity contribution in [2.75, 3.05) is 0 Å². The third kappa shape index (κ3) is 1.84. The van der Waals surface area contributed by atoms with Crippen LogP contribution in [0.4, 0.5) is 0 Å². The van der Waals surface area contributed by atoms with E-state index < -0.39 is 0 Å². The van der Waals surface area contributed by atoms with Gasteiger partial charge in [-0.15, -0.1) is 11.3 Å². The Labute approximate surface area is 94.1 Å². The maximum atomic E-state index is 6.01. The van der Waals surface area contributed by atoms with E-state index in [-0.39, 0.29) is 6.04 Å². The van der Waals surface area contributed by atoms with Crippen LogP contribution >= 0.6 is 27.3 Å². The zero-order valence-electron chi connectivity index (χ0n) is 7.22. The lowest BCUT2D eigenvalue weighted by atomic mass is 10.1. The lowest BCUT2D eigenvalue weighted by molar-refractivity contribution is 0.796. The quantitative estimate of drug-likeness (QED) is 0.911. The van der Waals surface area contributed by atoms with Gasteiger partial charge < -0.3 is 5.73 Å². The third-order valence-corrected chi connectivity index (χ3v) is 3.13. The molecule has 0 spiro atoms. The maximum Gasteiger partial charge on any atom is 0.0920 e. The smallest absolute Gasteiger partial charge is 0.0920 e. The summed E-state index contributed by atoms with van der Waals surface area (Å²) in [4.78, 5) is 8.39. The molecule has 0 fully saturated rings. The summed E-state index contributed by atoms with van der Waals surface area (Å²) in [7, 11) is 0. The average Bonchev–Trinajstić information content (AvgIpc) is 2.70. The van der Waals surface area contributed by atoms with Crippen LogP contribution in [-0.4, -0.2) is 9.97 Å².